The van der Waals surface area contributed by atoms with Crippen LogP contribution in [0.4, 0.5) is 101 Å². The number of unbranched alkanes of at least 4 members (excludes halogenated alkanes) is 18. The molecule has 4 rings (SSSR count). The van der Waals surface area contributed by atoms with Gasteiger partial charge in [-0.15, -0.1) is 21.9 Å². The van der Waals surface area contributed by atoms with Crippen LogP contribution in [-0.2, 0) is 0 Å². The fourth-order valence-electron chi connectivity index (χ4n) is 9.18. The maximum atomic E-state index is 15.4. The van der Waals surface area contributed by atoms with Crippen molar-refractivity contribution in [1.29, 1.82) is 0 Å². The van der Waals surface area contributed by atoms with Gasteiger partial charge in [0.05, 0.1) is 13.1 Å². The highest BCUT2D eigenvalue weighted by atomic mass is 19.4. The lowest BCUT2D eigenvalue weighted by Gasteiger charge is -2.44. The van der Waals surface area contributed by atoms with E-state index in [1.54, 1.807) is 0 Å². The summed E-state index contributed by atoms with van der Waals surface area (Å²) in [5.41, 5.74) is -14.3. The highest BCUT2D eigenvalue weighted by Gasteiger charge is 2.52. The second-order valence-corrected chi connectivity index (χ2v) is 18.2. The normalized spacial score (nSPS) is 12.1. The Kier molecular flexibility index (Phi) is 25.1. The molecule has 0 aromatic heterocycles. The molecule has 0 saturated carbocycles. The standard InChI is InChI=1S/C26H52F3N.C24BF20/c1-3-5-7-9-11-13-15-17-19-21-23-30(25-26(27,28)29)24-22-20-18-16-14-12-10-8-6-4-2;26-5-1(6(27)14(35)21(42)13(5)34)25(2-7(28)15(36)22(43)16(37)8(2)29,3-9(30)17(38)23(44)18(39)10(3)31)4-11(32)19(40)24(45)20(41)12(4)33/h3-25H2,1-2H3;/q;-1/p+1. The number of alkyl halides is 3. The number of nitrogens with one attached hydrogen (secondary N) is 1. The summed E-state index contributed by atoms with van der Waals surface area (Å²) in [6, 6.07) is 0. The number of hydrogen-bond donors (Lipinski definition) is 1. The van der Waals surface area contributed by atoms with Gasteiger partial charge in [0, 0.05) is 0 Å². The second kappa shape index (κ2) is 29.2. The van der Waals surface area contributed by atoms with Gasteiger partial charge in [-0.25, -0.2) is 87.8 Å². The van der Waals surface area contributed by atoms with E-state index in [2.05, 4.69) is 13.8 Å². The van der Waals surface area contributed by atoms with Crippen molar-refractivity contribution in [2.75, 3.05) is 19.6 Å². The molecule has 0 saturated heterocycles. The minimum absolute atomic E-state index is 0.651. The summed E-state index contributed by atoms with van der Waals surface area (Å²) in [4.78, 5) is 0.752. The van der Waals surface area contributed by atoms with Gasteiger partial charge < -0.3 is 4.90 Å². The Hall–Kier alpha value is -4.71. The maximum Gasteiger partial charge on any atom is 0.438 e. The van der Waals surface area contributed by atoms with Crippen LogP contribution in [0.2, 0.25) is 0 Å². The molecule has 4 aromatic carbocycles. The van der Waals surface area contributed by atoms with Crippen LogP contribution < -0.4 is 26.8 Å². The van der Waals surface area contributed by atoms with E-state index in [9.17, 15) is 65.9 Å². The third-order valence-electron chi connectivity index (χ3n) is 12.9. The Bertz CT molecular complexity index is 2120. The van der Waals surface area contributed by atoms with E-state index in [-0.39, 0.29) is 0 Å². The summed E-state index contributed by atoms with van der Waals surface area (Å²) in [5.74, 6) is -71.4. The highest BCUT2D eigenvalue weighted by molar-refractivity contribution is 7.20. The molecule has 0 aliphatic heterocycles. The van der Waals surface area contributed by atoms with Crippen LogP contribution >= 0.6 is 0 Å². The first kappa shape index (κ1) is 64.6. The van der Waals surface area contributed by atoms with Gasteiger partial charge in [0.15, 0.2) is 76.4 Å². The maximum absolute atomic E-state index is 15.4. The van der Waals surface area contributed by atoms with Gasteiger partial charge in [-0.3, -0.25) is 0 Å². The molecule has 0 heterocycles. The average molecular weight is 1120 g/mol. The fraction of sp³-hybridized carbons (Fsp3) is 0.520. The van der Waals surface area contributed by atoms with Crippen molar-refractivity contribution in [2.24, 2.45) is 0 Å². The highest BCUT2D eigenvalue weighted by Crippen LogP contribution is 2.31. The topological polar surface area (TPSA) is 4.44 Å². The summed E-state index contributed by atoms with van der Waals surface area (Å²) in [6.45, 7) is 5.20. The predicted molar refractivity (Wildman–Crippen MR) is 235 cm³/mol. The zero-order valence-corrected chi connectivity index (χ0v) is 40.5. The van der Waals surface area contributed by atoms with Gasteiger partial charge >= 0.3 is 6.18 Å². The minimum Gasteiger partial charge on any atom is -0.327 e. The van der Waals surface area contributed by atoms with Crippen LogP contribution in [0.3, 0.4) is 0 Å². The van der Waals surface area contributed by atoms with Crippen LogP contribution in [0.25, 0.3) is 0 Å². The number of quaternary nitrogens is 1. The van der Waals surface area contributed by atoms with E-state index < -0.39 is 157 Å². The minimum atomic E-state index is -7.22. The third-order valence-corrected chi connectivity index (χ3v) is 12.9. The smallest absolute Gasteiger partial charge is 0.327 e. The number of halogens is 23. The van der Waals surface area contributed by atoms with Crippen LogP contribution in [0.15, 0.2) is 0 Å². The lowest BCUT2D eigenvalue weighted by molar-refractivity contribution is -0.911. The van der Waals surface area contributed by atoms with Gasteiger partial charge in [-0.2, -0.15) is 13.2 Å². The molecule has 0 aliphatic carbocycles. The summed E-state index contributed by atoms with van der Waals surface area (Å²) >= 11 is 0. The van der Waals surface area contributed by atoms with Crippen molar-refractivity contribution in [2.45, 2.75) is 148 Å². The van der Waals surface area contributed by atoms with E-state index in [1.165, 1.54) is 103 Å². The average Bonchev–Trinajstić information content (AvgIpc) is 3.36. The molecule has 0 atom stereocenters. The first-order valence-electron chi connectivity index (χ1n) is 24.3. The Labute approximate surface area is 417 Å². The third kappa shape index (κ3) is 15.1. The number of rotatable bonds is 27. The Morgan fingerprint density at radius 1 is 0.253 bits per heavy atom. The number of benzene rings is 4. The molecule has 0 spiro atoms. The van der Waals surface area contributed by atoms with Crippen LogP contribution in [0, 0.1) is 116 Å². The molecule has 1 nitrogen and oxygen atoms in total. The van der Waals surface area contributed by atoms with Gasteiger partial charge in [0.1, 0.15) is 52.7 Å². The monoisotopic (exact) mass is 1120 g/mol. The number of hydrogen-bond acceptors (Lipinski definition) is 0. The molecular weight excluding hydrogens is 1060 g/mol. The fourth-order valence-corrected chi connectivity index (χ4v) is 9.18. The van der Waals surface area contributed by atoms with Crippen molar-refractivity contribution < 1.29 is 106 Å². The van der Waals surface area contributed by atoms with Gasteiger partial charge in [0.25, 0.3) is 0 Å². The molecular formula is C50H53BF23N. The summed E-state index contributed by atoms with van der Waals surface area (Å²) in [5, 5.41) is 0. The summed E-state index contributed by atoms with van der Waals surface area (Å²) in [7, 11) is 0. The van der Waals surface area contributed by atoms with Gasteiger partial charge in [-0.05, 0) is 25.7 Å². The molecule has 4 aromatic rings. The summed E-state index contributed by atoms with van der Waals surface area (Å²) < 4.78 is 333. The van der Waals surface area contributed by atoms with E-state index in [0.29, 0.717) is 13.1 Å². The molecule has 0 radical (unpaired) electrons. The second-order valence-electron chi connectivity index (χ2n) is 18.2. The van der Waals surface area contributed by atoms with E-state index >= 15 is 35.1 Å². The Morgan fingerprint density at radius 3 is 0.587 bits per heavy atom. The van der Waals surface area contributed by atoms with Crippen molar-refractivity contribution in [3.8, 4) is 0 Å². The lowest BCUT2D eigenvalue weighted by Crippen LogP contribution is -3.13. The molecule has 25 heteroatoms. The first-order valence-corrected chi connectivity index (χ1v) is 24.3. The van der Waals surface area contributed by atoms with Gasteiger partial charge in [-0.1, -0.05) is 117 Å². The molecule has 0 unspecified atom stereocenters. The zero-order chi connectivity index (χ0) is 56.7. The predicted octanol–water partition coefficient (Wildman–Crippen LogP) is 14.1. The molecule has 0 fully saturated rings. The lowest BCUT2D eigenvalue weighted by atomic mass is 9.12. The SMILES string of the molecule is CCCCCCCCCCCC[NH+](CCCCCCCCCCCC)CC(F)(F)F.Fc1c(F)c(F)c([B-](c2c(F)c(F)c(F)c(F)c2F)(c2c(F)c(F)c(F)c(F)c2F)c2c(F)c(F)c(F)c(F)c2F)c(F)c1F. The Balaban J connectivity index is 0.000000432. The van der Waals surface area contributed by atoms with Crippen LogP contribution in [0.1, 0.15) is 142 Å². The summed E-state index contributed by atoms with van der Waals surface area (Å²) in [6.07, 6.45) is 13.6. The zero-order valence-electron chi connectivity index (χ0n) is 40.5. The van der Waals surface area contributed by atoms with E-state index in [4.69, 9.17) is 0 Å². The largest absolute Gasteiger partial charge is 0.438 e. The van der Waals surface area contributed by atoms with Crippen molar-refractivity contribution in [3.05, 3.63) is 116 Å². The van der Waals surface area contributed by atoms with Crippen molar-refractivity contribution in [3.63, 3.8) is 0 Å². The first-order chi connectivity index (χ1) is 35.2. The molecule has 0 amide bonds. The van der Waals surface area contributed by atoms with Crippen molar-refractivity contribution in [1.82, 2.24) is 0 Å². The molecule has 0 bridgehead atoms. The molecule has 75 heavy (non-hydrogen) atoms. The quantitative estimate of drug-likeness (QED) is 0.0200. The van der Waals surface area contributed by atoms with E-state index in [1.807, 2.05) is 0 Å². The molecule has 0 aliphatic rings. The van der Waals surface area contributed by atoms with Crippen LogP contribution in [0.5, 0.6) is 0 Å². The van der Waals surface area contributed by atoms with Crippen LogP contribution in [-0.4, -0.2) is 32.0 Å². The van der Waals surface area contributed by atoms with E-state index in [0.717, 1.165) is 30.6 Å². The Morgan fingerprint density at radius 2 is 0.413 bits per heavy atom. The van der Waals surface area contributed by atoms with Gasteiger partial charge in [0.2, 0.25) is 0 Å². The molecule has 422 valence electrons. The van der Waals surface area contributed by atoms with Crippen molar-refractivity contribution >= 4 is 28.0 Å². The molecule has 1 N–H and O–H groups in total.